The molecular weight excluding hydrogens is 436 g/mol. The minimum absolute atomic E-state index is 0.537. The highest BCUT2D eigenvalue weighted by atomic mass is 16.5. The third-order valence-corrected chi connectivity index (χ3v) is 6.76. The number of anilines is 2. The Morgan fingerprint density at radius 3 is 1.94 bits per heavy atom. The van der Waals surface area contributed by atoms with E-state index in [-0.39, 0.29) is 0 Å². The van der Waals surface area contributed by atoms with Gasteiger partial charge in [-0.3, -0.25) is 0 Å². The number of nitrogens with zero attached hydrogens (tertiary/aromatic N) is 3. The maximum Gasteiger partial charge on any atom is 0.161 e. The fraction of sp³-hybridized carbons (Fsp3) is 0.138. The van der Waals surface area contributed by atoms with Gasteiger partial charge in [-0.15, -0.1) is 0 Å². The summed E-state index contributed by atoms with van der Waals surface area (Å²) < 4.78 is 11.9. The molecule has 4 aromatic carbocycles. The Kier molecular flexibility index (Phi) is 4.62. The number of H-pyrrole nitrogens is 1. The number of aromatic nitrogens is 2. The van der Waals surface area contributed by atoms with Gasteiger partial charge in [-0.1, -0.05) is 36.4 Å². The lowest BCUT2D eigenvalue weighted by atomic mass is 10.1. The molecule has 0 spiro atoms. The van der Waals surface area contributed by atoms with Crippen LogP contribution in [0.5, 0.6) is 11.5 Å². The molecule has 2 aliphatic rings. The second-order valence-corrected chi connectivity index (χ2v) is 8.99. The predicted octanol–water partition coefficient (Wildman–Crippen LogP) is 5.94. The van der Waals surface area contributed by atoms with Gasteiger partial charge in [0, 0.05) is 41.2 Å². The Balaban J connectivity index is 1.12. The summed E-state index contributed by atoms with van der Waals surface area (Å²) in [6, 6.07) is 31.3. The lowest BCUT2D eigenvalue weighted by molar-refractivity contribution is 0.289. The molecular formula is C29H24N4O2. The van der Waals surface area contributed by atoms with Crippen LogP contribution < -0.4 is 19.3 Å². The quantitative estimate of drug-likeness (QED) is 0.361. The minimum Gasteiger partial charge on any atom is -0.473 e. The monoisotopic (exact) mass is 460 g/mol. The van der Waals surface area contributed by atoms with Crippen LogP contribution in [0.2, 0.25) is 0 Å². The van der Waals surface area contributed by atoms with Gasteiger partial charge in [0.15, 0.2) is 13.5 Å². The third-order valence-electron chi connectivity index (χ3n) is 6.76. The van der Waals surface area contributed by atoms with E-state index in [9.17, 15) is 0 Å². The van der Waals surface area contributed by atoms with E-state index in [1.54, 1.807) is 0 Å². The van der Waals surface area contributed by atoms with Crippen molar-refractivity contribution in [3.8, 4) is 22.9 Å². The molecule has 35 heavy (non-hydrogen) atoms. The maximum atomic E-state index is 5.94. The number of nitrogens with one attached hydrogen (secondary N) is 1. The van der Waals surface area contributed by atoms with Gasteiger partial charge >= 0.3 is 0 Å². The molecule has 0 atom stereocenters. The Morgan fingerprint density at radius 2 is 1.26 bits per heavy atom. The molecule has 0 radical (unpaired) electrons. The van der Waals surface area contributed by atoms with Crippen LogP contribution >= 0.6 is 0 Å². The molecule has 0 bridgehead atoms. The predicted molar refractivity (Wildman–Crippen MR) is 138 cm³/mol. The van der Waals surface area contributed by atoms with Gasteiger partial charge in [0.05, 0.1) is 11.0 Å². The van der Waals surface area contributed by atoms with E-state index in [4.69, 9.17) is 14.5 Å². The van der Waals surface area contributed by atoms with Crippen LogP contribution in [-0.2, 0) is 13.1 Å². The van der Waals surface area contributed by atoms with Gasteiger partial charge in [-0.25, -0.2) is 4.98 Å². The Labute approximate surface area is 203 Å². The first-order chi connectivity index (χ1) is 17.3. The van der Waals surface area contributed by atoms with Crippen molar-refractivity contribution in [2.24, 2.45) is 0 Å². The van der Waals surface area contributed by atoms with Crippen molar-refractivity contribution in [1.29, 1.82) is 0 Å². The smallest absolute Gasteiger partial charge is 0.161 e. The lowest BCUT2D eigenvalue weighted by Gasteiger charge is -2.30. The average Bonchev–Trinajstić information content (AvgIpc) is 3.36. The van der Waals surface area contributed by atoms with Gasteiger partial charge in [-0.05, 0) is 54.6 Å². The van der Waals surface area contributed by atoms with Crippen molar-refractivity contribution in [2.45, 2.75) is 13.1 Å². The molecule has 2 aliphatic heterocycles. The second-order valence-electron chi connectivity index (χ2n) is 8.99. The maximum absolute atomic E-state index is 5.94. The first kappa shape index (κ1) is 20.0. The highest BCUT2D eigenvalue weighted by Gasteiger charge is 2.19. The molecule has 1 N–H and O–H groups in total. The Bertz CT molecular complexity index is 1530. The molecule has 5 aromatic rings. The van der Waals surface area contributed by atoms with E-state index < -0.39 is 0 Å². The van der Waals surface area contributed by atoms with Gasteiger partial charge in [-0.2, -0.15) is 0 Å². The van der Waals surface area contributed by atoms with Gasteiger partial charge in [0.25, 0.3) is 0 Å². The fourth-order valence-electron chi connectivity index (χ4n) is 4.84. The summed E-state index contributed by atoms with van der Waals surface area (Å²) >= 11 is 0. The van der Waals surface area contributed by atoms with Crippen molar-refractivity contribution in [3.63, 3.8) is 0 Å². The summed E-state index contributed by atoms with van der Waals surface area (Å²) in [5, 5.41) is 0. The zero-order valence-electron chi connectivity index (χ0n) is 19.1. The zero-order valence-corrected chi connectivity index (χ0v) is 19.1. The number of fused-ring (bicyclic) bond motifs is 3. The SMILES string of the molecule is c1ccc2c(c1)CN(c1ccc(-c3nc4ccc(N5COc6ccccc6C5)cc4[nH]3)cc1)CO2. The molecule has 0 saturated carbocycles. The van der Waals surface area contributed by atoms with Crippen LogP contribution in [0.4, 0.5) is 11.4 Å². The van der Waals surface area contributed by atoms with Crippen molar-refractivity contribution in [3.05, 3.63) is 102 Å². The molecule has 172 valence electrons. The van der Waals surface area contributed by atoms with E-state index in [2.05, 4.69) is 81.5 Å². The second kappa shape index (κ2) is 8.09. The minimum atomic E-state index is 0.537. The number of benzene rings is 4. The summed E-state index contributed by atoms with van der Waals surface area (Å²) in [5.41, 5.74) is 7.68. The van der Waals surface area contributed by atoms with Crippen molar-refractivity contribution in [1.82, 2.24) is 9.97 Å². The average molecular weight is 461 g/mol. The summed E-state index contributed by atoms with van der Waals surface area (Å²) in [7, 11) is 0. The number of hydrogen-bond donors (Lipinski definition) is 1. The summed E-state index contributed by atoms with van der Waals surface area (Å²) in [5.74, 6) is 2.81. The molecule has 0 amide bonds. The molecule has 7 rings (SSSR count). The normalized spacial score (nSPS) is 14.7. The van der Waals surface area contributed by atoms with Crippen molar-refractivity contribution >= 4 is 22.4 Å². The van der Waals surface area contributed by atoms with Gasteiger partial charge in [0.2, 0.25) is 0 Å². The van der Waals surface area contributed by atoms with Crippen LogP contribution in [0.25, 0.3) is 22.4 Å². The van der Waals surface area contributed by atoms with E-state index in [0.29, 0.717) is 13.5 Å². The molecule has 0 saturated heterocycles. The standard InChI is InChI=1S/C29H24N4O2/c1-3-7-27-21(5-1)16-32(18-34-27)23-11-9-20(10-12-23)29-30-25-14-13-24(15-26(25)31-29)33-17-22-6-2-4-8-28(22)35-19-33/h1-15H,16-19H2,(H,30,31). The topological polar surface area (TPSA) is 53.6 Å². The molecule has 6 heteroatoms. The van der Waals surface area contributed by atoms with Crippen LogP contribution in [0.1, 0.15) is 11.1 Å². The lowest BCUT2D eigenvalue weighted by Crippen LogP contribution is -2.31. The van der Waals surface area contributed by atoms with Crippen LogP contribution in [-0.4, -0.2) is 23.4 Å². The summed E-state index contributed by atoms with van der Waals surface area (Å²) in [6.07, 6.45) is 0. The number of para-hydroxylation sites is 2. The van der Waals surface area contributed by atoms with E-state index >= 15 is 0 Å². The molecule has 3 heterocycles. The Hall–Kier alpha value is -4.45. The number of imidazole rings is 1. The first-order valence-electron chi connectivity index (χ1n) is 11.8. The van der Waals surface area contributed by atoms with E-state index in [0.717, 1.165) is 58.4 Å². The number of aromatic amines is 1. The van der Waals surface area contributed by atoms with E-state index in [1.165, 1.54) is 11.1 Å². The molecule has 6 nitrogen and oxygen atoms in total. The zero-order chi connectivity index (χ0) is 23.2. The molecule has 0 fully saturated rings. The van der Waals surface area contributed by atoms with Crippen molar-refractivity contribution in [2.75, 3.05) is 23.3 Å². The van der Waals surface area contributed by atoms with E-state index in [1.807, 2.05) is 24.3 Å². The fourth-order valence-corrected chi connectivity index (χ4v) is 4.84. The Morgan fingerprint density at radius 1 is 0.657 bits per heavy atom. The van der Waals surface area contributed by atoms with Crippen LogP contribution in [0.15, 0.2) is 91.0 Å². The summed E-state index contributed by atoms with van der Waals surface area (Å²) in [4.78, 5) is 12.8. The highest BCUT2D eigenvalue weighted by molar-refractivity contribution is 5.83. The summed E-state index contributed by atoms with van der Waals surface area (Å²) in [6.45, 7) is 2.76. The first-order valence-corrected chi connectivity index (χ1v) is 11.8. The largest absolute Gasteiger partial charge is 0.473 e. The third kappa shape index (κ3) is 3.64. The van der Waals surface area contributed by atoms with Crippen LogP contribution in [0, 0.1) is 0 Å². The highest BCUT2D eigenvalue weighted by Crippen LogP contribution is 2.32. The number of ether oxygens (including phenoxy) is 2. The van der Waals surface area contributed by atoms with Crippen LogP contribution in [0.3, 0.4) is 0 Å². The van der Waals surface area contributed by atoms with Gasteiger partial charge < -0.3 is 24.3 Å². The number of hydrogen-bond acceptors (Lipinski definition) is 5. The van der Waals surface area contributed by atoms with Gasteiger partial charge in [0.1, 0.15) is 17.3 Å². The molecule has 0 aliphatic carbocycles. The number of rotatable bonds is 3. The molecule has 0 unspecified atom stereocenters. The van der Waals surface area contributed by atoms with Crippen molar-refractivity contribution < 1.29 is 9.47 Å². The molecule has 1 aromatic heterocycles.